The van der Waals surface area contributed by atoms with Crippen molar-refractivity contribution in [3.8, 4) is 5.88 Å². The summed E-state index contributed by atoms with van der Waals surface area (Å²) in [6, 6.07) is 3.77. The van der Waals surface area contributed by atoms with Crippen molar-refractivity contribution in [2.24, 2.45) is 0 Å². The Hall–Kier alpha value is -0.800. The fraction of sp³-hybridized carbons (Fsp3) is 0.545. The summed E-state index contributed by atoms with van der Waals surface area (Å²) >= 11 is 5.85. The zero-order valence-electron chi connectivity index (χ0n) is 9.12. The molecule has 0 atom stereocenters. The molecule has 1 aromatic rings. The molecule has 0 aliphatic heterocycles. The van der Waals surface area contributed by atoms with Crippen molar-refractivity contribution in [3.63, 3.8) is 0 Å². The molecular formula is C11H16ClNO2. The van der Waals surface area contributed by atoms with Gasteiger partial charge in [0.2, 0.25) is 5.88 Å². The second-order valence-corrected chi connectivity index (χ2v) is 3.57. The van der Waals surface area contributed by atoms with E-state index in [1.165, 1.54) is 0 Å². The maximum absolute atomic E-state index is 5.85. The van der Waals surface area contributed by atoms with E-state index in [0.29, 0.717) is 24.2 Å². The normalized spacial score (nSPS) is 10.3. The lowest BCUT2D eigenvalue weighted by Gasteiger charge is -2.06. The van der Waals surface area contributed by atoms with Gasteiger partial charge in [-0.05, 0) is 18.1 Å². The number of pyridine rings is 1. The maximum Gasteiger partial charge on any atom is 0.214 e. The minimum Gasteiger partial charge on any atom is -0.478 e. The Bertz CT molecular complexity index is 305. The van der Waals surface area contributed by atoms with E-state index in [1.54, 1.807) is 7.11 Å². The van der Waals surface area contributed by atoms with Gasteiger partial charge in [-0.25, -0.2) is 4.98 Å². The van der Waals surface area contributed by atoms with Crippen LogP contribution in [-0.4, -0.2) is 25.3 Å². The zero-order valence-corrected chi connectivity index (χ0v) is 9.88. The molecule has 0 spiro atoms. The van der Waals surface area contributed by atoms with Gasteiger partial charge in [0.25, 0.3) is 0 Å². The van der Waals surface area contributed by atoms with E-state index in [0.717, 1.165) is 18.4 Å². The highest BCUT2D eigenvalue weighted by molar-refractivity contribution is 6.29. The van der Waals surface area contributed by atoms with Crippen LogP contribution in [-0.2, 0) is 11.2 Å². The summed E-state index contributed by atoms with van der Waals surface area (Å²) in [6.45, 7) is 3.37. The van der Waals surface area contributed by atoms with Crippen LogP contribution in [0.15, 0.2) is 12.1 Å². The van der Waals surface area contributed by atoms with Gasteiger partial charge in [0.05, 0.1) is 6.61 Å². The number of aromatic nitrogens is 1. The Morgan fingerprint density at radius 2 is 2.13 bits per heavy atom. The number of halogens is 1. The van der Waals surface area contributed by atoms with Crippen molar-refractivity contribution in [2.75, 3.05) is 20.3 Å². The van der Waals surface area contributed by atoms with E-state index in [4.69, 9.17) is 21.1 Å². The Morgan fingerprint density at radius 1 is 1.33 bits per heavy atom. The Kier molecular flexibility index (Phi) is 5.43. The van der Waals surface area contributed by atoms with Crippen molar-refractivity contribution in [1.82, 2.24) is 4.98 Å². The molecule has 0 fully saturated rings. The lowest BCUT2D eigenvalue weighted by molar-refractivity contribution is 0.170. The first-order chi connectivity index (χ1) is 7.26. The monoisotopic (exact) mass is 229 g/mol. The molecule has 0 N–H and O–H groups in total. The van der Waals surface area contributed by atoms with Crippen LogP contribution in [0.2, 0.25) is 5.15 Å². The molecule has 0 unspecified atom stereocenters. The Balaban J connectivity index is 2.49. The van der Waals surface area contributed by atoms with E-state index in [2.05, 4.69) is 11.9 Å². The van der Waals surface area contributed by atoms with Crippen LogP contribution in [0.1, 0.15) is 18.9 Å². The molecule has 0 radical (unpaired) electrons. The molecular weight excluding hydrogens is 214 g/mol. The topological polar surface area (TPSA) is 31.4 Å². The van der Waals surface area contributed by atoms with Crippen molar-refractivity contribution in [3.05, 3.63) is 22.8 Å². The van der Waals surface area contributed by atoms with Crippen molar-refractivity contribution < 1.29 is 9.47 Å². The third kappa shape index (κ3) is 4.49. The number of nitrogens with zero attached hydrogens (tertiary/aromatic N) is 1. The van der Waals surface area contributed by atoms with Crippen molar-refractivity contribution >= 4 is 11.6 Å². The smallest absolute Gasteiger partial charge is 0.214 e. The number of aryl methyl sites for hydroxylation is 1. The molecule has 3 nitrogen and oxygen atoms in total. The number of hydrogen-bond acceptors (Lipinski definition) is 3. The third-order valence-corrected chi connectivity index (χ3v) is 2.17. The van der Waals surface area contributed by atoms with E-state index in [9.17, 15) is 0 Å². The largest absolute Gasteiger partial charge is 0.478 e. The molecule has 0 aliphatic rings. The SMILES string of the molecule is CCc1cc(Cl)nc(OCCCOC)c1. The van der Waals surface area contributed by atoms with Gasteiger partial charge in [0.15, 0.2) is 0 Å². The van der Waals surface area contributed by atoms with Gasteiger partial charge < -0.3 is 9.47 Å². The minimum absolute atomic E-state index is 0.482. The molecule has 1 heterocycles. The molecule has 0 aliphatic carbocycles. The van der Waals surface area contributed by atoms with E-state index < -0.39 is 0 Å². The predicted molar refractivity (Wildman–Crippen MR) is 60.6 cm³/mol. The summed E-state index contributed by atoms with van der Waals surface area (Å²) in [5.74, 6) is 0.593. The van der Waals surface area contributed by atoms with Crippen LogP contribution in [0, 0.1) is 0 Å². The van der Waals surface area contributed by atoms with Crippen molar-refractivity contribution in [2.45, 2.75) is 19.8 Å². The quantitative estimate of drug-likeness (QED) is 0.555. The average Bonchev–Trinajstić information content (AvgIpc) is 2.23. The van der Waals surface area contributed by atoms with Crippen LogP contribution >= 0.6 is 11.6 Å². The fourth-order valence-corrected chi connectivity index (χ4v) is 1.40. The van der Waals surface area contributed by atoms with Gasteiger partial charge in [-0.3, -0.25) is 0 Å². The molecule has 0 amide bonds. The molecule has 1 aromatic heterocycles. The summed E-state index contributed by atoms with van der Waals surface area (Å²) < 4.78 is 10.4. The Labute approximate surface area is 95.4 Å². The minimum atomic E-state index is 0.482. The predicted octanol–water partition coefficient (Wildman–Crippen LogP) is 2.71. The van der Waals surface area contributed by atoms with Gasteiger partial charge in [0.1, 0.15) is 5.15 Å². The zero-order chi connectivity index (χ0) is 11.1. The summed E-state index contributed by atoms with van der Waals surface area (Å²) in [6.07, 6.45) is 1.78. The second kappa shape index (κ2) is 6.64. The van der Waals surface area contributed by atoms with Gasteiger partial charge in [0, 0.05) is 26.2 Å². The molecule has 0 saturated carbocycles. The van der Waals surface area contributed by atoms with Gasteiger partial charge in [-0.2, -0.15) is 0 Å². The summed E-state index contributed by atoms with van der Waals surface area (Å²) in [5.41, 5.74) is 1.14. The number of rotatable bonds is 6. The highest BCUT2D eigenvalue weighted by Gasteiger charge is 2.00. The number of methoxy groups -OCH3 is 1. The molecule has 0 aromatic carbocycles. The van der Waals surface area contributed by atoms with Crippen LogP contribution in [0.4, 0.5) is 0 Å². The fourth-order valence-electron chi connectivity index (χ4n) is 1.18. The molecule has 84 valence electrons. The first kappa shape index (κ1) is 12.3. The van der Waals surface area contributed by atoms with Crippen LogP contribution < -0.4 is 4.74 Å². The van der Waals surface area contributed by atoms with Crippen LogP contribution in [0.3, 0.4) is 0 Å². The van der Waals surface area contributed by atoms with Gasteiger partial charge in [-0.1, -0.05) is 18.5 Å². The summed E-state index contributed by atoms with van der Waals surface area (Å²) in [5, 5.41) is 0.482. The maximum atomic E-state index is 5.85. The molecule has 0 saturated heterocycles. The molecule has 0 bridgehead atoms. The first-order valence-corrected chi connectivity index (χ1v) is 5.42. The van der Waals surface area contributed by atoms with Crippen LogP contribution in [0.25, 0.3) is 0 Å². The Morgan fingerprint density at radius 3 is 2.80 bits per heavy atom. The molecule has 4 heteroatoms. The van der Waals surface area contributed by atoms with E-state index in [1.807, 2.05) is 12.1 Å². The number of ether oxygens (including phenoxy) is 2. The molecule has 1 rings (SSSR count). The van der Waals surface area contributed by atoms with Crippen molar-refractivity contribution in [1.29, 1.82) is 0 Å². The standard InChI is InChI=1S/C11H16ClNO2/c1-3-9-7-10(12)13-11(8-9)15-6-4-5-14-2/h7-8H,3-6H2,1-2H3. The van der Waals surface area contributed by atoms with Crippen LogP contribution in [0.5, 0.6) is 5.88 Å². The lowest BCUT2D eigenvalue weighted by atomic mass is 10.2. The van der Waals surface area contributed by atoms with Gasteiger partial charge in [-0.15, -0.1) is 0 Å². The highest BCUT2D eigenvalue weighted by atomic mass is 35.5. The lowest BCUT2D eigenvalue weighted by Crippen LogP contribution is -2.03. The highest BCUT2D eigenvalue weighted by Crippen LogP contribution is 2.16. The summed E-state index contributed by atoms with van der Waals surface area (Å²) in [4.78, 5) is 4.08. The second-order valence-electron chi connectivity index (χ2n) is 3.18. The summed E-state index contributed by atoms with van der Waals surface area (Å²) in [7, 11) is 1.67. The average molecular weight is 230 g/mol. The van der Waals surface area contributed by atoms with E-state index in [-0.39, 0.29) is 0 Å². The molecule has 15 heavy (non-hydrogen) atoms. The third-order valence-electron chi connectivity index (χ3n) is 1.98. The number of hydrogen-bond donors (Lipinski definition) is 0. The first-order valence-electron chi connectivity index (χ1n) is 5.04. The van der Waals surface area contributed by atoms with E-state index >= 15 is 0 Å². The van der Waals surface area contributed by atoms with Gasteiger partial charge >= 0.3 is 0 Å².